The monoisotopic (exact) mass is 422 g/mol. The van der Waals surface area contributed by atoms with Crippen molar-refractivity contribution in [2.45, 2.75) is 26.7 Å². The first kappa shape index (κ1) is 16.7. The molecule has 0 spiro atoms. The molecule has 0 atom stereocenters. The molecule has 3 heteroatoms. The average molecular weight is 425 g/mol. The third-order valence-corrected chi connectivity index (χ3v) is 10.1. The Kier molecular flexibility index (Phi) is 8.23. The first-order valence-corrected chi connectivity index (χ1v) is 8.87. The van der Waals surface area contributed by atoms with Crippen LogP contribution in [0.25, 0.3) is 0 Å². The fourth-order valence-electron chi connectivity index (χ4n) is 2.11. The standard InChI is InChI=1S/2C5H5.C3H6.2BrH.Zr/c2*1-2-4-5-3-1;1-3-2;;;/h2*1-3H,4H2;1-2H3;2*1H;. The molecule has 2 rings (SSSR count). The van der Waals surface area contributed by atoms with Crippen molar-refractivity contribution >= 4 is 37.2 Å². The number of halogens is 2. The second kappa shape index (κ2) is 7.90. The van der Waals surface area contributed by atoms with E-state index in [9.17, 15) is 0 Å². The van der Waals surface area contributed by atoms with Gasteiger partial charge in [0.2, 0.25) is 0 Å². The van der Waals surface area contributed by atoms with E-state index in [4.69, 9.17) is 0 Å². The second-order valence-electron chi connectivity index (χ2n) is 4.02. The molecule has 0 radical (unpaired) electrons. The number of allylic oxidation sites excluding steroid dienone is 8. The zero-order chi connectivity index (χ0) is 9.97. The van der Waals surface area contributed by atoms with Gasteiger partial charge in [-0.3, -0.25) is 0 Å². The Morgan fingerprint density at radius 2 is 1.38 bits per heavy atom. The van der Waals surface area contributed by atoms with Gasteiger partial charge in [0, 0.05) is 0 Å². The summed E-state index contributed by atoms with van der Waals surface area (Å²) in [4.78, 5) is 0. The number of rotatable bonds is 2. The molecule has 0 saturated carbocycles. The van der Waals surface area contributed by atoms with Crippen LogP contribution in [0.4, 0.5) is 0 Å². The van der Waals surface area contributed by atoms with Crippen LogP contribution in [0.15, 0.2) is 43.0 Å². The zero-order valence-electron chi connectivity index (χ0n) is 9.69. The normalized spacial score (nSPS) is 16.1. The number of hydrogen-bond acceptors (Lipinski definition) is 0. The maximum absolute atomic E-state index is 2.36. The van der Waals surface area contributed by atoms with E-state index >= 15 is 0 Å². The molecule has 0 aromatic rings. The van der Waals surface area contributed by atoms with E-state index in [1.165, 1.54) is 12.8 Å². The van der Waals surface area contributed by atoms with E-state index in [1.807, 2.05) is 0 Å². The fourth-order valence-corrected chi connectivity index (χ4v) is 9.16. The average Bonchev–Trinajstić information content (AvgIpc) is 2.75. The Morgan fingerprint density at radius 1 is 0.938 bits per heavy atom. The van der Waals surface area contributed by atoms with Gasteiger partial charge >= 0.3 is 94.2 Å². The molecule has 0 unspecified atom stereocenters. The van der Waals surface area contributed by atoms with Crippen molar-refractivity contribution in [3.05, 3.63) is 43.0 Å². The molecular formula is C13H18Br2Zr. The molecule has 0 fully saturated rings. The van der Waals surface area contributed by atoms with Crippen LogP contribution in [-0.4, -0.2) is 3.21 Å². The van der Waals surface area contributed by atoms with Crippen LogP contribution < -0.4 is 0 Å². The fraction of sp³-hybridized carbons (Fsp3) is 0.308. The van der Waals surface area contributed by atoms with Gasteiger partial charge in [0.15, 0.2) is 0 Å². The molecule has 0 bridgehead atoms. The van der Waals surface area contributed by atoms with Crippen molar-refractivity contribution in [2.75, 3.05) is 0 Å². The summed E-state index contributed by atoms with van der Waals surface area (Å²) in [6.07, 6.45) is 16.2. The van der Waals surface area contributed by atoms with Crippen LogP contribution in [0.2, 0.25) is 0 Å². The van der Waals surface area contributed by atoms with Gasteiger partial charge in [0.25, 0.3) is 0 Å². The SMILES string of the molecule is Br.Br.C[C](C)=[Zr]([C]1=CC=CC1)[C]1=CC=CC1. The topological polar surface area (TPSA) is 0 Å². The molecule has 0 saturated heterocycles. The maximum atomic E-state index is 2.36. The molecular weight excluding hydrogens is 407 g/mol. The van der Waals surface area contributed by atoms with Crippen LogP contribution in [-0.2, 0) is 21.3 Å². The molecule has 2 aliphatic rings. The molecule has 0 aromatic carbocycles. The summed E-state index contributed by atoms with van der Waals surface area (Å²) >= 11 is -1.51. The van der Waals surface area contributed by atoms with E-state index < -0.39 is 21.3 Å². The molecule has 0 nitrogen and oxygen atoms in total. The first-order valence-electron chi connectivity index (χ1n) is 5.18. The van der Waals surface area contributed by atoms with Crippen molar-refractivity contribution in [3.8, 4) is 0 Å². The summed E-state index contributed by atoms with van der Waals surface area (Å²) in [6.45, 7) is 4.65. The van der Waals surface area contributed by atoms with Crippen LogP contribution >= 0.6 is 34.0 Å². The van der Waals surface area contributed by atoms with Gasteiger partial charge in [-0.15, -0.1) is 34.0 Å². The van der Waals surface area contributed by atoms with E-state index in [-0.39, 0.29) is 34.0 Å². The Balaban J connectivity index is 0.00000112. The third-order valence-electron chi connectivity index (χ3n) is 2.68. The van der Waals surface area contributed by atoms with Crippen LogP contribution in [0, 0.1) is 0 Å². The summed E-state index contributed by atoms with van der Waals surface area (Å²) in [6, 6.07) is 0. The Bertz CT molecular complexity index is 362. The quantitative estimate of drug-likeness (QED) is 0.604. The van der Waals surface area contributed by atoms with E-state index in [0.717, 1.165) is 0 Å². The predicted octanol–water partition coefficient (Wildman–Crippen LogP) is 4.66. The third kappa shape index (κ3) is 3.86. The van der Waals surface area contributed by atoms with Crippen molar-refractivity contribution in [1.29, 1.82) is 0 Å². The van der Waals surface area contributed by atoms with E-state index in [2.05, 4.69) is 50.3 Å². The van der Waals surface area contributed by atoms with Gasteiger partial charge in [0.05, 0.1) is 0 Å². The first-order chi connectivity index (χ1) is 6.79. The van der Waals surface area contributed by atoms with Gasteiger partial charge < -0.3 is 0 Å². The Hall–Kier alpha value is 0.673. The van der Waals surface area contributed by atoms with Gasteiger partial charge in [0.1, 0.15) is 0 Å². The summed E-state index contributed by atoms with van der Waals surface area (Å²) in [5.41, 5.74) is 0. The van der Waals surface area contributed by atoms with Crippen LogP contribution in [0.5, 0.6) is 0 Å². The minimum atomic E-state index is -1.51. The Labute approximate surface area is 127 Å². The predicted molar refractivity (Wildman–Crippen MR) is 80.7 cm³/mol. The van der Waals surface area contributed by atoms with E-state index in [0.29, 0.717) is 0 Å². The van der Waals surface area contributed by atoms with Crippen LogP contribution in [0.3, 0.4) is 0 Å². The van der Waals surface area contributed by atoms with Crippen molar-refractivity contribution in [1.82, 2.24) is 0 Å². The number of hydrogen-bond donors (Lipinski definition) is 0. The summed E-state index contributed by atoms with van der Waals surface area (Å²) in [5.74, 6) is 0. The minimum absolute atomic E-state index is 0. The van der Waals surface area contributed by atoms with Crippen molar-refractivity contribution in [3.63, 3.8) is 0 Å². The van der Waals surface area contributed by atoms with Crippen LogP contribution in [0.1, 0.15) is 26.7 Å². The van der Waals surface area contributed by atoms with Gasteiger partial charge in [-0.25, -0.2) is 0 Å². The molecule has 0 aliphatic heterocycles. The molecule has 0 aromatic heterocycles. The Morgan fingerprint density at radius 3 is 1.62 bits per heavy atom. The summed E-state index contributed by atoms with van der Waals surface area (Å²) in [5, 5.41) is 0. The summed E-state index contributed by atoms with van der Waals surface area (Å²) < 4.78 is 5.21. The molecule has 16 heavy (non-hydrogen) atoms. The molecule has 2 aliphatic carbocycles. The van der Waals surface area contributed by atoms with Crippen molar-refractivity contribution in [2.24, 2.45) is 0 Å². The molecule has 0 N–H and O–H groups in total. The van der Waals surface area contributed by atoms with E-state index in [1.54, 1.807) is 9.77 Å². The molecule has 0 heterocycles. The van der Waals surface area contributed by atoms with Crippen molar-refractivity contribution < 1.29 is 21.3 Å². The van der Waals surface area contributed by atoms with Gasteiger partial charge in [-0.05, 0) is 0 Å². The second-order valence-corrected chi connectivity index (χ2v) is 11.5. The van der Waals surface area contributed by atoms with Gasteiger partial charge in [-0.2, -0.15) is 0 Å². The molecule has 0 amide bonds. The van der Waals surface area contributed by atoms with Gasteiger partial charge in [-0.1, -0.05) is 0 Å². The molecule has 88 valence electrons. The summed E-state index contributed by atoms with van der Waals surface area (Å²) in [7, 11) is 0. The zero-order valence-corrected chi connectivity index (χ0v) is 15.6.